The standard InChI is InChI=1S/C32H30BrN3O5/c1-3-40-28-18-23(27(33)19-29(28)41-21-30(37)35-26-16-14-22(2)15-17-26)20-34-36-31(38)32(39,24-10-6-4-7-11-24)25-12-8-5-9-13-25/h4-20,39H,3,21H2,1-2H3,(H,35,37)(H,36,38)/b34-20-. The number of aryl methyl sites for hydroxylation is 1. The molecule has 0 saturated carbocycles. The molecular formula is C32H30BrN3O5. The number of hydrogen-bond donors (Lipinski definition) is 3. The predicted molar refractivity (Wildman–Crippen MR) is 162 cm³/mol. The molecule has 41 heavy (non-hydrogen) atoms. The molecule has 2 amide bonds. The molecule has 0 aliphatic rings. The minimum absolute atomic E-state index is 0.221. The Morgan fingerprint density at radius 2 is 1.49 bits per heavy atom. The predicted octanol–water partition coefficient (Wildman–Crippen LogP) is 5.56. The third-order valence-electron chi connectivity index (χ3n) is 6.14. The zero-order chi connectivity index (χ0) is 29.2. The average Bonchev–Trinajstić information content (AvgIpc) is 2.99. The zero-order valence-electron chi connectivity index (χ0n) is 22.6. The molecule has 0 atom stereocenters. The fraction of sp³-hybridized carbons (Fsp3) is 0.156. The first kappa shape index (κ1) is 29.5. The molecule has 3 N–H and O–H groups in total. The van der Waals surface area contributed by atoms with Crippen LogP contribution in [0.1, 0.15) is 29.2 Å². The molecule has 0 aliphatic carbocycles. The van der Waals surface area contributed by atoms with Gasteiger partial charge in [0, 0.05) is 15.7 Å². The Balaban J connectivity index is 1.48. The number of hydrazone groups is 1. The van der Waals surface area contributed by atoms with Gasteiger partial charge in [0.25, 0.3) is 11.8 Å². The summed E-state index contributed by atoms with van der Waals surface area (Å²) in [4.78, 5) is 25.7. The van der Waals surface area contributed by atoms with Crippen LogP contribution in [-0.4, -0.2) is 36.3 Å². The Labute approximate surface area is 247 Å². The van der Waals surface area contributed by atoms with Gasteiger partial charge in [-0.1, -0.05) is 78.4 Å². The molecule has 4 rings (SSSR count). The fourth-order valence-electron chi connectivity index (χ4n) is 4.04. The van der Waals surface area contributed by atoms with Crippen LogP contribution >= 0.6 is 15.9 Å². The highest BCUT2D eigenvalue weighted by Gasteiger charge is 2.39. The van der Waals surface area contributed by atoms with Crippen LogP contribution in [0.5, 0.6) is 11.5 Å². The smallest absolute Gasteiger partial charge is 0.281 e. The first-order valence-electron chi connectivity index (χ1n) is 12.9. The molecule has 0 radical (unpaired) electrons. The summed E-state index contributed by atoms with van der Waals surface area (Å²) >= 11 is 3.49. The second-order valence-electron chi connectivity index (χ2n) is 9.10. The Bertz CT molecular complexity index is 1470. The van der Waals surface area contributed by atoms with Crippen molar-refractivity contribution in [1.29, 1.82) is 0 Å². The summed E-state index contributed by atoms with van der Waals surface area (Å²) in [5, 5.41) is 18.5. The lowest BCUT2D eigenvalue weighted by atomic mass is 9.85. The normalized spacial score (nSPS) is 11.2. The summed E-state index contributed by atoms with van der Waals surface area (Å²) < 4.78 is 12.1. The first-order chi connectivity index (χ1) is 19.8. The molecule has 8 nitrogen and oxygen atoms in total. The topological polar surface area (TPSA) is 109 Å². The molecule has 210 valence electrons. The summed E-state index contributed by atoms with van der Waals surface area (Å²) in [6.45, 7) is 3.95. The van der Waals surface area contributed by atoms with Crippen LogP contribution in [0.2, 0.25) is 0 Å². The monoisotopic (exact) mass is 615 g/mol. The molecular weight excluding hydrogens is 586 g/mol. The van der Waals surface area contributed by atoms with Gasteiger partial charge in [-0.25, -0.2) is 5.43 Å². The number of anilines is 1. The molecule has 0 spiro atoms. The van der Waals surface area contributed by atoms with Gasteiger partial charge in [0.1, 0.15) is 0 Å². The lowest BCUT2D eigenvalue weighted by molar-refractivity contribution is -0.136. The van der Waals surface area contributed by atoms with Crippen molar-refractivity contribution >= 4 is 39.6 Å². The van der Waals surface area contributed by atoms with E-state index in [1.165, 1.54) is 6.21 Å². The highest BCUT2D eigenvalue weighted by atomic mass is 79.9. The van der Waals surface area contributed by atoms with Gasteiger partial charge in [0.05, 0.1) is 12.8 Å². The van der Waals surface area contributed by atoms with E-state index in [4.69, 9.17) is 9.47 Å². The minimum atomic E-state index is -1.95. The number of halogens is 1. The SMILES string of the molecule is CCOc1cc(/C=N\NC(=O)C(O)(c2ccccc2)c2ccccc2)c(Br)cc1OCC(=O)Nc1ccc(C)cc1. The van der Waals surface area contributed by atoms with E-state index in [0.29, 0.717) is 45.0 Å². The zero-order valence-corrected chi connectivity index (χ0v) is 24.2. The third kappa shape index (κ3) is 7.39. The van der Waals surface area contributed by atoms with E-state index >= 15 is 0 Å². The summed E-state index contributed by atoms with van der Waals surface area (Å²) in [5.74, 6) is -0.268. The van der Waals surface area contributed by atoms with Gasteiger partial charge in [0.15, 0.2) is 23.7 Å². The van der Waals surface area contributed by atoms with Crippen LogP contribution in [0.3, 0.4) is 0 Å². The second-order valence-corrected chi connectivity index (χ2v) is 9.95. The Kier molecular flexibility index (Phi) is 9.89. The van der Waals surface area contributed by atoms with Crippen molar-refractivity contribution in [1.82, 2.24) is 5.43 Å². The van der Waals surface area contributed by atoms with Crippen molar-refractivity contribution in [3.63, 3.8) is 0 Å². The van der Waals surface area contributed by atoms with Crippen molar-refractivity contribution in [2.24, 2.45) is 5.10 Å². The van der Waals surface area contributed by atoms with E-state index < -0.39 is 11.5 Å². The molecule has 0 heterocycles. The molecule has 0 bridgehead atoms. The van der Waals surface area contributed by atoms with Crippen molar-refractivity contribution in [2.75, 3.05) is 18.5 Å². The van der Waals surface area contributed by atoms with E-state index in [1.54, 1.807) is 60.7 Å². The number of rotatable bonds is 11. The number of ether oxygens (including phenoxy) is 2. The van der Waals surface area contributed by atoms with Crippen LogP contribution in [0.15, 0.2) is 107 Å². The Morgan fingerprint density at radius 3 is 2.07 bits per heavy atom. The molecule has 0 unspecified atom stereocenters. The third-order valence-corrected chi connectivity index (χ3v) is 6.83. The molecule has 0 saturated heterocycles. The van der Waals surface area contributed by atoms with Crippen LogP contribution in [-0.2, 0) is 15.2 Å². The quantitative estimate of drug-likeness (QED) is 0.151. The average molecular weight is 617 g/mol. The molecule has 9 heteroatoms. The number of carbonyl (C=O) groups excluding carboxylic acids is 2. The van der Waals surface area contributed by atoms with Gasteiger partial charge >= 0.3 is 0 Å². The van der Waals surface area contributed by atoms with Crippen molar-refractivity contribution in [3.05, 3.63) is 124 Å². The number of hydrogen-bond acceptors (Lipinski definition) is 6. The maximum absolute atomic E-state index is 13.3. The van der Waals surface area contributed by atoms with Crippen molar-refractivity contribution in [3.8, 4) is 11.5 Å². The maximum Gasteiger partial charge on any atom is 0.281 e. The number of nitrogens with zero attached hydrogens (tertiary/aromatic N) is 1. The van der Waals surface area contributed by atoms with Gasteiger partial charge in [-0.05, 0) is 65.2 Å². The van der Waals surface area contributed by atoms with Gasteiger partial charge < -0.3 is 19.9 Å². The highest BCUT2D eigenvalue weighted by molar-refractivity contribution is 9.10. The van der Waals surface area contributed by atoms with E-state index in [1.807, 2.05) is 50.2 Å². The summed E-state index contributed by atoms with van der Waals surface area (Å²) in [5.41, 5.74) is 3.67. The summed E-state index contributed by atoms with van der Waals surface area (Å²) in [6.07, 6.45) is 1.43. The molecule has 0 aliphatic heterocycles. The number of carbonyl (C=O) groups is 2. The van der Waals surface area contributed by atoms with Gasteiger partial charge in [-0.15, -0.1) is 0 Å². The van der Waals surface area contributed by atoms with Crippen molar-refractivity contribution < 1.29 is 24.2 Å². The number of nitrogens with one attached hydrogen (secondary N) is 2. The van der Waals surface area contributed by atoms with Gasteiger partial charge in [0.2, 0.25) is 0 Å². The van der Waals surface area contributed by atoms with Crippen LogP contribution in [0, 0.1) is 6.92 Å². The lowest BCUT2D eigenvalue weighted by Gasteiger charge is -2.27. The number of aliphatic hydroxyl groups is 1. The lowest BCUT2D eigenvalue weighted by Crippen LogP contribution is -2.43. The van der Waals surface area contributed by atoms with Crippen LogP contribution in [0.4, 0.5) is 5.69 Å². The molecule has 4 aromatic carbocycles. The highest BCUT2D eigenvalue weighted by Crippen LogP contribution is 2.34. The summed E-state index contributed by atoms with van der Waals surface area (Å²) in [7, 11) is 0. The van der Waals surface area contributed by atoms with Crippen LogP contribution in [0.25, 0.3) is 0 Å². The second kappa shape index (κ2) is 13.7. The summed E-state index contributed by atoms with van der Waals surface area (Å²) in [6, 6.07) is 28.2. The largest absolute Gasteiger partial charge is 0.490 e. The van der Waals surface area contributed by atoms with E-state index in [2.05, 4.69) is 31.8 Å². The minimum Gasteiger partial charge on any atom is -0.490 e. The van der Waals surface area contributed by atoms with Gasteiger partial charge in [-0.3, -0.25) is 9.59 Å². The first-order valence-corrected chi connectivity index (χ1v) is 13.7. The number of benzene rings is 4. The number of amides is 2. The Morgan fingerprint density at radius 1 is 0.902 bits per heavy atom. The fourth-order valence-corrected chi connectivity index (χ4v) is 4.46. The Hall–Kier alpha value is -4.47. The molecule has 0 aromatic heterocycles. The van der Waals surface area contributed by atoms with E-state index in [9.17, 15) is 14.7 Å². The van der Waals surface area contributed by atoms with E-state index in [0.717, 1.165) is 5.56 Å². The van der Waals surface area contributed by atoms with Crippen LogP contribution < -0.4 is 20.2 Å². The maximum atomic E-state index is 13.3. The van der Waals surface area contributed by atoms with Gasteiger partial charge in [-0.2, -0.15) is 5.10 Å². The van der Waals surface area contributed by atoms with Crippen molar-refractivity contribution in [2.45, 2.75) is 19.4 Å². The molecule has 4 aromatic rings. The van der Waals surface area contributed by atoms with E-state index in [-0.39, 0.29) is 12.5 Å². The molecule has 0 fully saturated rings.